The molecule has 0 saturated carbocycles. The first kappa shape index (κ1) is 26.2. The third-order valence-electron chi connectivity index (χ3n) is 5.57. The van der Waals surface area contributed by atoms with Gasteiger partial charge in [-0.05, 0) is 0 Å². The fourth-order valence-electron chi connectivity index (χ4n) is 3.62. The van der Waals surface area contributed by atoms with Crippen molar-refractivity contribution in [2.24, 2.45) is 0 Å². The monoisotopic (exact) mass is 544 g/mol. The van der Waals surface area contributed by atoms with Gasteiger partial charge < -0.3 is 0 Å². The molecular formula is C28H32O4SSe. The summed E-state index contributed by atoms with van der Waals surface area (Å²) >= 11 is -0.241. The summed E-state index contributed by atoms with van der Waals surface area (Å²) < 4.78 is 35.2. The van der Waals surface area contributed by atoms with Gasteiger partial charge in [-0.3, -0.25) is 0 Å². The molecule has 0 aromatic heterocycles. The summed E-state index contributed by atoms with van der Waals surface area (Å²) in [6.07, 6.45) is 2.29. The fourth-order valence-corrected chi connectivity index (χ4v) is 8.28. The summed E-state index contributed by atoms with van der Waals surface area (Å²) in [5.74, 6) is 0.652. The van der Waals surface area contributed by atoms with Crippen molar-refractivity contribution < 1.29 is 18.3 Å². The van der Waals surface area contributed by atoms with E-state index in [1.54, 1.807) is 55.6 Å². The van der Waals surface area contributed by atoms with Gasteiger partial charge in [-0.25, -0.2) is 0 Å². The van der Waals surface area contributed by atoms with Crippen molar-refractivity contribution in [3.8, 4) is 5.75 Å². The van der Waals surface area contributed by atoms with Gasteiger partial charge in [0.15, 0.2) is 0 Å². The van der Waals surface area contributed by atoms with Crippen molar-refractivity contribution in [3.63, 3.8) is 0 Å². The third-order valence-corrected chi connectivity index (χ3v) is 10.3. The number of benzene rings is 3. The predicted octanol–water partition coefficient (Wildman–Crippen LogP) is 5.33. The summed E-state index contributed by atoms with van der Waals surface area (Å²) in [6, 6.07) is 23.7. The molecule has 0 spiro atoms. The molecule has 0 radical (unpaired) electrons. The molecule has 1 unspecified atom stereocenters. The molecule has 0 fully saturated rings. The average Bonchev–Trinajstić information content (AvgIpc) is 2.85. The number of hydrogen-bond donors (Lipinski definition) is 1. The number of aliphatic hydroxyl groups excluding tert-OH is 1. The van der Waals surface area contributed by atoms with Crippen LogP contribution in [0, 0.1) is 6.92 Å². The summed E-state index contributed by atoms with van der Waals surface area (Å²) in [7, 11) is -2.35. The van der Waals surface area contributed by atoms with E-state index in [4.69, 9.17) is 4.74 Å². The quantitative estimate of drug-likeness (QED) is 0.262. The number of hydrogen-bond acceptors (Lipinski definition) is 4. The van der Waals surface area contributed by atoms with E-state index < -0.39 is 15.9 Å². The van der Waals surface area contributed by atoms with Gasteiger partial charge in [0.05, 0.1) is 0 Å². The minimum atomic E-state index is -3.92. The Kier molecular flexibility index (Phi) is 9.54. The van der Waals surface area contributed by atoms with E-state index in [-0.39, 0.29) is 24.8 Å². The van der Waals surface area contributed by atoms with Gasteiger partial charge in [0.1, 0.15) is 0 Å². The van der Waals surface area contributed by atoms with Crippen molar-refractivity contribution in [2.75, 3.05) is 7.11 Å². The molecule has 1 atom stereocenters. The molecule has 3 aromatic carbocycles. The summed E-state index contributed by atoms with van der Waals surface area (Å²) in [5.41, 5.74) is 1.51. The number of sulfone groups is 1. The molecule has 3 aromatic rings. The van der Waals surface area contributed by atoms with Gasteiger partial charge in [0.2, 0.25) is 0 Å². The van der Waals surface area contributed by atoms with Crippen LogP contribution >= 0.6 is 0 Å². The van der Waals surface area contributed by atoms with Crippen LogP contribution in [0.1, 0.15) is 49.8 Å². The molecule has 0 aliphatic heterocycles. The van der Waals surface area contributed by atoms with E-state index in [0.717, 1.165) is 33.8 Å². The normalized spacial score (nSPS) is 13.3. The van der Waals surface area contributed by atoms with E-state index in [9.17, 15) is 13.5 Å². The average molecular weight is 544 g/mol. The molecule has 6 heteroatoms. The van der Waals surface area contributed by atoms with Crippen molar-refractivity contribution in [3.05, 3.63) is 99.4 Å². The van der Waals surface area contributed by atoms with Crippen LogP contribution in [0.25, 0.3) is 0 Å². The SMILES string of the molecule is CCCCC/C([Se]c1ccccc1)=C(\C(O)c1ccc(OC)cc1)S(=O)(=O)c1ccc(C)cc1. The third kappa shape index (κ3) is 6.61. The van der Waals surface area contributed by atoms with E-state index in [1.807, 2.05) is 37.3 Å². The molecule has 0 saturated heterocycles. The molecule has 0 heterocycles. The standard InChI is InChI=1S/C28H32O4SSe/c1-4-5-7-12-26(34-25-10-8-6-9-11-25)28(27(29)22-15-17-23(32-3)18-16-22)33(30,31)24-19-13-21(2)14-20-24/h6,8-11,13-20,27,29H,4-5,7,12H2,1-3H3/b28-26-. The second-order valence-corrected chi connectivity index (χ2v) is 12.5. The molecule has 0 aliphatic carbocycles. The van der Waals surface area contributed by atoms with Gasteiger partial charge >= 0.3 is 210 Å². The molecule has 0 bridgehead atoms. The molecule has 0 aliphatic rings. The molecule has 0 amide bonds. The number of unbranched alkanes of at least 4 members (excludes halogenated alkanes) is 2. The van der Waals surface area contributed by atoms with Gasteiger partial charge in [-0.2, -0.15) is 0 Å². The second-order valence-electron chi connectivity index (χ2n) is 8.15. The van der Waals surface area contributed by atoms with Crippen molar-refractivity contribution >= 4 is 29.3 Å². The number of allylic oxidation sites excluding steroid dienone is 1. The zero-order chi connectivity index (χ0) is 24.6. The molecule has 4 nitrogen and oxygen atoms in total. The second kappa shape index (κ2) is 12.4. The van der Waals surface area contributed by atoms with Crippen LogP contribution in [-0.2, 0) is 9.84 Å². The van der Waals surface area contributed by atoms with Gasteiger partial charge in [0.25, 0.3) is 0 Å². The van der Waals surface area contributed by atoms with Crippen LogP contribution in [0.4, 0.5) is 0 Å². The Labute approximate surface area is 209 Å². The Morgan fingerprint density at radius 1 is 0.941 bits per heavy atom. The van der Waals surface area contributed by atoms with E-state index in [0.29, 0.717) is 17.7 Å². The van der Waals surface area contributed by atoms with Crippen LogP contribution in [0.3, 0.4) is 0 Å². The Morgan fingerprint density at radius 2 is 1.59 bits per heavy atom. The Hall–Kier alpha value is -2.37. The minimum absolute atomic E-state index is 0.112. The van der Waals surface area contributed by atoms with Crippen LogP contribution in [0.2, 0.25) is 0 Å². The van der Waals surface area contributed by atoms with Gasteiger partial charge in [-0.1, -0.05) is 0 Å². The van der Waals surface area contributed by atoms with Crippen molar-refractivity contribution in [1.82, 2.24) is 0 Å². The molecule has 1 N–H and O–H groups in total. The molecule has 180 valence electrons. The summed E-state index contributed by atoms with van der Waals surface area (Å²) in [4.78, 5) is 0.319. The molecular weight excluding hydrogens is 511 g/mol. The first-order valence-corrected chi connectivity index (χ1v) is 14.7. The predicted molar refractivity (Wildman–Crippen MR) is 139 cm³/mol. The van der Waals surface area contributed by atoms with E-state index in [2.05, 4.69) is 6.92 Å². The summed E-state index contributed by atoms with van der Waals surface area (Å²) in [6.45, 7) is 4.05. The first-order valence-electron chi connectivity index (χ1n) is 11.5. The van der Waals surface area contributed by atoms with Crippen LogP contribution in [0.15, 0.2) is 93.1 Å². The number of ether oxygens (including phenoxy) is 1. The number of aliphatic hydroxyl groups is 1. The van der Waals surface area contributed by atoms with Crippen molar-refractivity contribution in [2.45, 2.75) is 50.5 Å². The molecule has 34 heavy (non-hydrogen) atoms. The summed E-state index contributed by atoms with van der Waals surface area (Å²) in [5, 5.41) is 11.5. The zero-order valence-corrected chi connectivity index (χ0v) is 22.4. The van der Waals surface area contributed by atoms with Crippen molar-refractivity contribution in [1.29, 1.82) is 0 Å². The number of rotatable bonds is 11. The van der Waals surface area contributed by atoms with E-state index in [1.165, 1.54) is 0 Å². The maximum absolute atomic E-state index is 14.0. The number of aryl methyl sites for hydroxylation is 1. The van der Waals surface area contributed by atoms with Crippen LogP contribution < -0.4 is 9.20 Å². The zero-order valence-electron chi connectivity index (χ0n) is 19.9. The first-order chi connectivity index (χ1) is 16.4. The van der Waals surface area contributed by atoms with Crippen LogP contribution in [0.5, 0.6) is 5.75 Å². The van der Waals surface area contributed by atoms with E-state index >= 15 is 0 Å². The van der Waals surface area contributed by atoms with Gasteiger partial charge in [-0.15, -0.1) is 0 Å². The fraction of sp³-hybridized carbons (Fsp3) is 0.286. The topological polar surface area (TPSA) is 63.6 Å². The maximum atomic E-state index is 14.0. The Balaban J connectivity index is 2.19. The van der Waals surface area contributed by atoms with Crippen LogP contribution in [-0.4, -0.2) is 35.6 Å². The number of methoxy groups -OCH3 is 1. The Morgan fingerprint density at radius 3 is 2.18 bits per heavy atom. The van der Waals surface area contributed by atoms with Gasteiger partial charge in [0, 0.05) is 0 Å². The Bertz CT molecular complexity index is 1190. The molecule has 3 rings (SSSR count).